The van der Waals surface area contributed by atoms with Gasteiger partial charge in [-0.1, -0.05) is 13.8 Å². The Morgan fingerprint density at radius 1 is 1.50 bits per heavy atom. The van der Waals surface area contributed by atoms with Gasteiger partial charge in [0.25, 0.3) is 0 Å². The normalized spacial score (nSPS) is 17.7. The zero-order chi connectivity index (χ0) is 5.86. The Bertz CT molecular complexity index is 45.3. The molecule has 0 spiro atoms. The lowest BCUT2D eigenvalue weighted by molar-refractivity contribution is 0.144. The van der Waals surface area contributed by atoms with Crippen LogP contribution >= 0.6 is 0 Å². The Kier molecular flexibility index (Phi) is 1.51. The fraction of sp³-hybridized carbons (Fsp3) is 1.00. The molecule has 1 atom stereocenters. The number of aliphatic hydroxyl groups excluding tert-OH is 1. The molecule has 0 heterocycles. The lowest BCUT2D eigenvalue weighted by Crippen LogP contribution is -2.07. The van der Waals surface area contributed by atoms with Crippen molar-refractivity contribution in [1.29, 1.82) is 1.43 Å². The standard InChI is InChI=1S/C5H12O/c1-4(2)5(3)6/h4-6H,1-3H3/i6D. The molecule has 0 aromatic heterocycles. The summed E-state index contributed by atoms with van der Waals surface area (Å²) in [5, 5.41) is 4.26. The summed E-state index contributed by atoms with van der Waals surface area (Å²) in [6.07, 6.45) is 0.0694. The van der Waals surface area contributed by atoms with E-state index in [-0.39, 0.29) is 6.10 Å². The minimum absolute atomic E-state index is 0.0694. The van der Waals surface area contributed by atoms with Gasteiger partial charge in [0.15, 0.2) is 0 Å². The van der Waals surface area contributed by atoms with Crippen LogP contribution < -0.4 is 0 Å². The van der Waals surface area contributed by atoms with Crippen LogP contribution in [0.4, 0.5) is 0 Å². The van der Waals surface area contributed by atoms with Crippen molar-refractivity contribution >= 4 is 0 Å². The number of hydrogen-bond acceptors (Lipinski definition) is 1. The van der Waals surface area contributed by atoms with E-state index in [9.17, 15) is 0 Å². The minimum Gasteiger partial charge on any atom is -0.393 e. The lowest BCUT2D eigenvalue weighted by atomic mass is 10.1. The predicted octanol–water partition coefficient (Wildman–Crippen LogP) is 1.02. The van der Waals surface area contributed by atoms with Crippen molar-refractivity contribution in [2.75, 3.05) is 0 Å². The van der Waals surface area contributed by atoms with Gasteiger partial charge in [-0.25, -0.2) is 0 Å². The van der Waals surface area contributed by atoms with Crippen LogP contribution in [-0.2, 0) is 0 Å². The zero-order valence-corrected chi connectivity index (χ0v) is 4.56. The molecule has 6 heavy (non-hydrogen) atoms. The van der Waals surface area contributed by atoms with Crippen molar-refractivity contribution < 1.29 is 5.11 Å². The van der Waals surface area contributed by atoms with Gasteiger partial charge in [-0.15, -0.1) is 0 Å². The third-order valence-electron chi connectivity index (χ3n) is 0.939. The molecule has 0 saturated carbocycles. The van der Waals surface area contributed by atoms with Gasteiger partial charge < -0.3 is 5.11 Å². The second-order valence-electron chi connectivity index (χ2n) is 1.95. The topological polar surface area (TPSA) is 20.2 Å². The first-order valence-electron chi connectivity index (χ1n) is 2.71. The lowest BCUT2D eigenvalue weighted by Gasteiger charge is -2.04. The molecule has 1 heteroatoms. The molecule has 0 aliphatic heterocycles. The van der Waals surface area contributed by atoms with Crippen LogP contribution in [0, 0.1) is 5.92 Å². The van der Waals surface area contributed by atoms with Crippen molar-refractivity contribution in [2.24, 2.45) is 5.92 Å². The maximum absolute atomic E-state index is 6.44. The van der Waals surface area contributed by atoms with E-state index in [2.05, 4.69) is 5.11 Å². The second-order valence-corrected chi connectivity index (χ2v) is 1.95. The predicted molar refractivity (Wildman–Crippen MR) is 26.5 cm³/mol. The van der Waals surface area contributed by atoms with Gasteiger partial charge in [0.1, 0.15) is 0 Å². The molecule has 0 bridgehead atoms. The number of aliphatic hydroxyl groups is 1. The summed E-state index contributed by atoms with van der Waals surface area (Å²) < 4.78 is 6.44. The molecule has 38 valence electrons. The summed E-state index contributed by atoms with van der Waals surface area (Å²) in [5.41, 5.74) is 0. The minimum atomic E-state index is 0.0694. The van der Waals surface area contributed by atoms with Gasteiger partial charge in [-0.3, -0.25) is 0 Å². The molecule has 1 nitrogen and oxygen atoms in total. The highest BCUT2D eigenvalue weighted by Gasteiger charge is 1.97. The van der Waals surface area contributed by atoms with E-state index in [1.807, 2.05) is 20.8 Å². The van der Waals surface area contributed by atoms with Gasteiger partial charge in [-0.2, -0.15) is 0 Å². The highest BCUT2D eigenvalue weighted by atomic mass is 16.3. The van der Waals surface area contributed by atoms with Crippen LogP contribution in [0.3, 0.4) is 0 Å². The Hall–Kier alpha value is -0.0400. The zero-order valence-electron chi connectivity index (χ0n) is 5.56. The SMILES string of the molecule is [2H]OC(C)C(C)C. The fourth-order valence-corrected chi connectivity index (χ4v) is 0. The molecule has 0 amide bonds. The summed E-state index contributed by atoms with van der Waals surface area (Å²) in [6, 6.07) is 0. The average Bonchev–Trinajstić information content (AvgIpc) is 1.65. The monoisotopic (exact) mass is 89.1 g/mol. The number of rotatable bonds is 2. The van der Waals surface area contributed by atoms with Crippen molar-refractivity contribution in [3.05, 3.63) is 0 Å². The maximum Gasteiger partial charge on any atom is 0.210 e. The fourth-order valence-electron chi connectivity index (χ4n) is 0. The van der Waals surface area contributed by atoms with Crippen LogP contribution in [0.2, 0.25) is 0 Å². The average molecular weight is 89.2 g/mol. The molecule has 0 aromatic rings. The largest absolute Gasteiger partial charge is 0.393 e. The molecule has 0 rings (SSSR count). The molecule has 1 N–H and O–H groups in total. The Labute approximate surface area is 40.5 Å². The van der Waals surface area contributed by atoms with Gasteiger partial charge in [0.2, 0.25) is 1.43 Å². The Morgan fingerprint density at radius 2 is 2.00 bits per heavy atom. The third kappa shape index (κ3) is 2.21. The first-order valence-corrected chi connectivity index (χ1v) is 2.30. The van der Waals surface area contributed by atoms with E-state index < -0.39 is 0 Å². The van der Waals surface area contributed by atoms with Gasteiger partial charge in [0, 0.05) is 0 Å². The molecule has 0 aliphatic carbocycles. The van der Waals surface area contributed by atoms with E-state index >= 15 is 0 Å². The molecule has 0 saturated heterocycles. The van der Waals surface area contributed by atoms with Crippen LogP contribution in [0.25, 0.3) is 0 Å². The van der Waals surface area contributed by atoms with Crippen molar-refractivity contribution in [2.45, 2.75) is 26.9 Å². The Balaban J connectivity index is 3.14. The smallest absolute Gasteiger partial charge is 0.210 e. The molecular weight excluding hydrogens is 76.1 g/mol. The van der Waals surface area contributed by atoms with Gasteiger partial charge in [-0.05, 0) is 12.8 Å². The molecular formula is C5H12O. The van der Waals surface area contributed by atoms with E-state index in [1.165, 1.54) is 0 Å². The molecule has 0 aromatic carbocycles. The summed E-state index contributed by atoms with van der Waals surface area (Å²) in [4.78, 5) is 0. The van der Waals surface area contributed by atoms with E-state index in [0.29, 0.717) is 5.92 Å². The summed E-state index contributed by atoms with van der Waals surface area (Å²) >= 11 is 0. The summed E-state index contributed by atoms with van der Waals surface area (Å²) in [7, 11) is 0. The van der Waals surface area contributed by atoms with Crippen molar-refractivity contribution in [3.63, 3.8) is 0 Å². The Morgan fingerprint density at radius 3 is 2.00 bits per heavy atom. The summed E-state index contributed by atoms with van der Waals surface area (Å²) in [6.45, 7) is 5.94. The molecule has 1 unspecified atom stereocenters. The van der Waals surface area contributed by atoms with Crippen LogP contribution in [-0.4, -0.2) is 12.6 Å². The number of hydrogen-bond donors (Lipinski definition) is 1. The van der Waals surface area contributed by atoms with Crippen LogP contribution in [0.1, 0.15) is 20.8 Å². The third-order valence-corrected chi connectivity index (χ3v) is 0.939. The van der Waals surface area contributed by atoms with Crippen LogP contribution in [0.5, 0.6) is 0 Å². The van der Waals surface area contributed by atoms with Crippen molar-refractivity contribution in [3.8, 4) is 0 Å². The molecule has 0 fully saturated rings. The highest BCUT2D eigenvalue weighted by Crippen LogP contribution is 1.96. The van der Waals surface area contributed by atoms with Crippen molar-refractivity contribution in [1.82, 2.24) is 0 Å². The molecule has 0 aliphatic rings. The highest BCUT2D eigenvalue weighted by molar-refractivity contribution is 4.48. The van der Waals surface area contributed by atoms with Gasteiger partial charge >= 0.3 is 0 Å². The van der Waals surface area contributed by atoms with Crippen LogP contribution in [0.15, 0.2) is 0 Å². The quantitative estimate of drug-likeness (QED) is 0.535. The molecule has 0 radical (unpaired) electrons. The van der Waals surface area contributed by atoms with E-state index in [1.54, 1.807) is 0 Å². The summed E-state index contributed by atoms with van der Waals surface area (Å²) in [5.74, 6) is 0.456. The second kappa shape index (κ2) is 2.19. The van der Waals surface area contributed by atoms with E-state index in [4.69, 9.17) is 1.43 Å². The first-order chi connectivity index (χ1) is 3.18. The maximum atomic E-state index is 6.44. The van der Waals surface area contributed by atoms with Gasteiger partial charge in [0.05, 0.1) is 6.10 Å². The van der Waals surface area contributed by atoms with E-state index in [0.717, 1.165) is 0 Å². The first kappa shape index (κ1) is 4.13.